The third kappa shape index (κ3) is 3.33. The third-order valence-electron chi connectivity index (χ3n) is 4.14. The molecule has 0 bridgehead atoms. The van der Waals surface area contributed by atoms with E-state index in [1.807, 2.05) is 18.7 Å². The zero-order valence-corrected chi connectivity index (χ0v) is 12.8. The van der Waals surface area contributed by atoms with E-state index < -0.39 is 5.97 Å². The molecule has 1 aromatic rings. The van der Waals surface area contributed by atoms with Crippen molar-refractivity contribution in [2.24, 2.45) is 13.0 Å². The molecule has 1 aromatic heterocycles. The summed E-state index contributed by atoms with van der Waals surface area (Å²) in [5.41, 5.74) is 1.93. The van der Waals surface area contributed by atoms with Crippen molar-refractivity contribution in [3.05, 3.63) is 16.4 Å². The number of carboxylic acid groups (broad SMARTS) is 1. The molecule has 5 nitrogen and oxygen atoms in total. The van der Waals surface area contributed by atoms with Gasteiger partial charge < -0.3 is 10.4 Å². The lowest BCUT2D eigenvalue weighted by molar-refractivity contribution is -0.142. The van der Waals surface area contributed by atoms with E-state index >= 15 is 0 Å². The van der Waals surface area contributed by atoms with Crippen LogP contribution in [0, 0.1) is 5.92 Å². The van der Waals surface area contributed by atoms with Crippen molar-refractivity contribution in [1.29, 1.82) is 0 Å². The first-order valence-corrected chi connectivity index (χ1v) is 7.57. The monoisotopic (exact) mass is 299 g/mol. The van der Waals surface area contributed by atoms with Gasteiger partial charge in [-0.2, -0.15) is 5.10 Å². The number of aromatic nitrogens is 2. The highest BCUT2D eigenvalue weighted by molar-refractivity contribution is 6.31. The molecule has 0 saturated heterocycles. The Kier molecular flexibility index (Phi) is 5.05. The van der Waals surface area contributed by atoms with Crippen molar-refractivity contribution in [3.8, 4) is 0 Å². The Morgan fingerprint density at radius 2 is 2.10 bits per heavy atom. The van der Waals surface area contributed by atoms with E-state index in [9.17, 15) is 4.79 Å². The van der Waals surface area contributed by atoms with Gasteiger partial charge in [-0.25, -0.2) is 0 Å². The molecular weight excluding hydrogens is 278 g/mol. The number of halogens is 1. The lowest BCUT2D eigenvalue weighted by atomic mass is 9.86. The summed E-state index contributed by atoms with van der Waals surface area (Å²) in [6.45, 7) is 2.73. The molecular formula is C14H22ClN3O2. The Bertz CT molecular complexity index is 479. The first-order valence-electron chi connectivity index (χ1n) is 7.19. The molecule has 1 aliphatic carbocycles. The summed E-state index contributed by atoms with van der Waals surface area (Å²) >= 11 is 6.31. The molecule has 0 atom stereocenters. The van der Waals surface area contributed by atoms with Gasteiger partial charge in [0.1, 0.15) is 0 Å². The van der Waals surface area contributed by atoms with Gasteiger partial charge in [-0.05, 0) is 32.1 Å². The third-order valence-corrected chi connectivity index (χ3v) is 4.57. The average molecular weight is 300 g/mol. The van der Waals surface area contributed by atoms with Crippen LogP contribution in [0.5, 0.6) is 0 Å². The van der Waals surface area contributed by atoms with Gasteiger partial charge in [0, 0.05) is 19.6 Å². The molecule has 2 rings (SSSR count). The highest BCUT2D eigenvalue weighted by atomic mass is 35.5. The number of aryl methyl sites for hydroxylation is 2. The maximum atomic E-state index is 10.9. The van der Waals surface area contributed by atoms with Crippen LogP contribution in [0.3, 0.4) is 0 Å². The molecule has 0 aromatic carbocycles. The minimum absolute atomic E-state index is 0.167. The van der Waals surface area contributed by atoms with Gasteiger partial charge in [-0.3, -0.25) is 9.48 Å². The summed E-state index contributed by atoms with van der Waals surface area (Å²) in [4.78, 5) is 10.9. The number of hydrogen-bond acceptors (Lipinski definition) is 3. The molecule has 0 spiro atoms. The second-order valence-electron chi connectivity index (χ2n) is 5.45. The second kappa shape index (κ2) is 6.59. The number of rotatable bonds is 5. The molecule has 0 amide bonds. The van der Waals surface area contributed by atoms with Crippen LogP contribution in [0.25, 0.3) is 0 Å². The molecule has 0 radical (unpaired) electrons. The van der Waals surface area contributed by atoms with E-state index in [1.54, 1.807) is 0 Å². The van der Waals surface area contributed by atoms with E-state index in [0.717, 1.165) is 48.5 Å². The molecule has 0 aliphatic heterocycles. The summed E-state index contributed by atoms with van der Waals surface area (Å²) in [5.74, 6) is -0.828. The van der Waals surface area contributed by atoms with Crippen molar-refractivity contribution in [2.75, 3.05) is 0 Å². The number of nitrogens with zero attached hydrogens (tertiary/aromatic N) is 2. The van der Waals surface area contributed by atoms with Gasteiger partial charge in [0.15, 0.2) is 0 Å². The Hall–Kier alpha value is -1.07. The molecule has 112 valence electrons. The van der Waals surface area contributed by atoms with E-state index in [1.165, 1.54) is 0 Å². The van der Waals surface area contributed by atoms with Gasteiger partial charge in [-0.1, -0.05) is 18.5 Å². The van der Waals surface area contributed by atoms with Crippen LogP contribution in [-0.4, -0.2) is 26.9 Å². The zero-order valence-electron chi connectivity index (χ0n) is 12.0. The Morgan fingerprint density at radius 3 is 2.60 bits per heavy atom. The molecule has 6 heteroatoms. The summed E-state index contributed by atoms with van der Waals surface area (Å²) in [6.07, 6.45) is 4.16. The van der Waals surface area contributed by atoms with Crippen LogP contribution in [0.15, 0.2) is 0 Å². The van der Waals surface area contributed by atoms with Gasteiger partial charge in [-0.15, -0.1) is 0 Å². The molecule has 2 N–H and O–H groups in total. The SMILES string of the molecule is CCc1nn(C)c(CNC2CCC(C(=O)O)CC2)c1Cl. The maximum absolute atomic E-state index is 10.9. The number of aliphatic carboxylic acids is 1. The van der Waals surface area contributed by atoms with Gasteiger partial charge in [0.25, 0.3) is 0 Å². The van der Waals surface area contributed by atoms with Crippen molar-refractivity contribution >= 4 is 17.6 Å². The standard InChI is InChI=1S/C14H22ClN3O2/c1-3-11-13(15)12(18(2)17-11)8-16-10-6-4-9(5-7-10)14(19)20/h9-10,16H,3-8H2,1-2H3,(H,19,20). The first kappa shape index (κ1) is 15.3. The van der Waals surface area contributed by atoms with Crippen molar-refractivity contribution in [3.63, 3.8) is 0 Å². The maximum Gasteiger partial charge on any atom is 0.306 e. The Labute approximate surface area is 124 Å². The lowest BCUT2D eigenvalue weighted by Crippen LogP contribution is -2.35. The van der Waals surface area contributed by atoms with Crippen LogP contribution in [-0.2, 0) is 24.8 Å². The Morgan fingerprint density at radius 1 is 1.45 bits per heavy atom. The van der Waals surface area contributed by atoms with Crippen LogP contribution in [0.2, 0.25) is 5.02 Å². The summed E-state index contributed by atoms with van der Waals surface area (Å²) in [5, 5.41) is 17.6. The molecule has 1 fully saturated rings. The number of carboxylic acids is 1. The van der Waals surface area contributed by atoms with E-state index in [2.05, 4.69) is 10.4 Å². The van der Waals surface area contributed by atoms with E-state index in [-0.39, 0.29) is 5.92 Å². The predicted molar refractivity (Wildman–Crippen MR) is 77.8 cm³/mol. The lowest BCUT2D eigenvalue weighted by Gasteiger charge is -2.27. The number of nitrogens with one attached hydrogen (secondary N) is 1. The molecule has 1 aliphatic rings. The Balaban J connectivity index is 1.88. The smallest absolute Gasteiger partial charge is 0.306 e. The molecule has 0 unspecified atom stereocenters. The van der Waals surface area contributed by atoms with Crippen LogP contribution < -0.4 is 5.32 Å². The summed E-state index contributed by atoms with van der Waals surface area (Å²) in [7, 11) is 1.91. The van der Waals surface area contributed by atoms with Gasteiger partial charge >= 0.3 is 5.97 Å². The van der Waals surface area contributed by atoms with E-state index in [4.69, 9.17) is 16.7 Å². The summed E-state index contributed by atoms with van der Waals surface area (Å²) in [6, 6.07) is 0.377. The van der Waals surface area contributed by atoms with Crippen LogP contribution in [0.4, 0.5) is 0 Å². The quantitative estimate of drug-likeness (QED) is 0.876. The number of carbonyl (C=O) groups is 1. The summed E-state index contributed by atoms with van der Waals surface area (Å²) < 4.78 is 1.83. The van der Waals surface area contributed by atoms with Gasteiger partial charge in [0.05, 0.1) is 22.3 Å². The van der Waals surface area contributed by atoms with Crippen molar-refractivity contribution in [2.45, 2.75) is 51.6 Å². The fourth-order valence-corrected chi connectivity index (χ4v) is 3.16. The fourth-order valence-electron chi connectivity index (χ4n) is 2.80. The van der Waals surface area contributed by atoms with Crippen LogP contribution >= 0.6 is 11.6 Å². The minimum Gasteiger partial charge on any atom is -0.481 e. The van der Waals surface area contributed by atoms with Crippen LogP contribution in [0.1, 0.15) is 44.0 Å². The highest BCUT2D eigenvalue weighted by Crippen LogP contribution is 2.25. The van der Waals surface area contributed by atoms with Gasteiger partial charge in [0.2, 0.25) is 0 Å². The fraction of sp³-hybridized carbons (Fsp3) is 0.714. The predicted octanol–water partition coefficient (Wildman–Crippen LogP) is 2.37. The molecule has 1 saturated carbocycles. The van der Waals surface area contributed by atoms with Crippen molar-refractivity contribution in [1.82, 2.24) is 15.1 Å². The zero-order chi connectivity index (χ0) is 14.7. The minimum atomic E-state index is -0.661. The highest BCUT2D eigenvalue weighted by Gasteiger charge is 2.26. The molecule has 20 heavy (non-hydrogen) atoms. The first-order chi connectivity index (χ1) is 9.52. The largest absolute Gasteiger partial charge is 0.481 e. The number of hydrogen-bond donors (Lipinski definition) is 2. The van der Waals surface area contributed by atoms with Crippen molar-refractivity contribution < 1.29 is 9.90 Å². The topological polar surface area (TPSA) is 67.2 Å². The van der Waals surface area contributed by atoms with E-state index in [0.29, 0.717) is 12.6 Å². The normalized spacial score (nSPS) is 22.9. The average Bonchev–Trinajstić information content (AvgIpc) is 2.71. The second-order valence-corrected chi connectivity index (χ2v) is 5.83. The molecule has 1 heterocycles.